The molecule has 1 N–H and O–H groups in total. The van der Waals surface area contributed by atoms with E-state index in [1.807, 2.05) is 40.7 Å². The Labute approximate surface area is 141 Å². The Morgan fingerprint density at radius 1 is 1.43 bits per heavy atom. The van der Waals surface area contributed by atoms with Gasteiger partial charge in [-0.1, -0.05) is 30.4 Å². The molecule has 1 rings (SSSR count). The molecule has 5 heteroatoms. The fourth-order valence-corrected chi connectivity index (χ4v) is 2.78. The molecule has 4 nitrogen and oxygen atoms in total. The Hall–Kier alpha value is -2.06. The number of thiophene rings is 1. The summed E-state index contributed by atoms with van der Waals surface area (Å²) in [5.41, 5.74) is 1.25. The van der Waals surface area contributed by atoms with Crippen molar-refractivity contribution >= 4 is 29.4 Å². The number of hydrogen-bond donors (Lipinski definition) is 1. The number of aromatic carboxylic acids is 1. The molecule has 0 radical (unpaired) electrons. The lowest BCUT2D eigenvalue weighted by Gasteiger charge is -2.17. The third-order valence-corrected chi connectivity index (χ3v) is 3.90. The van der Waals surface area contributed by atoms with E-state index in [1.54, 1.807) is 6.07 Å². The van der Waals surface area contributed by atoms with Crippen LogP contribution in [0.4, 0.5) is 5.69 Å². The molecule has 0 spiro atoms. The van der Waals surface area contributed by atoms with Crippen LogP contribution in [0.25, 0.3) is 0 Å². The summed E-state index contributed by atoms with van der Waals surface area (Å²) in [6, 6.07) is 1.68. The second-order valence-electron chi connectivity index (χ2n) is 6.32. The zero-order valence-corrected chi connectivity index (χ0v) is 15.1. The molecule has 1 aromatic rings. The Balaban J connectivity index is 3.24. The van der Waals surface area contributed by atoms with Gasteiger partial charge in [0.1, 0.15) is 4.88 Å². The molecule has 0 aliphatic heterocycles. The number of allylic oxidation sites excluding steroid dienone is 1. The fraction of sp³-hybridized carbons (Fsp3) is 0.444. The summed E-state index contributed by atoms with van der Waals surface area (Å²) < 4.78 is 0. The summed E-state index contributed by atoms with van der Waals surface area (Å²) in [5.74, 6) is 5.05. The van der Waals surface area contributed by atoms with E-state index in [2.05, 4.69) is 11.8 Å². The van der Waals surface area contributed by atoms with Crippen molar-refractivity contribution in [1.82, 2.24) is 0 Å². The van der Waals surface area contributed by atoms with E-state index < -0.39 is 5.97 Å². The number of nitrogens with zero attached hydrogens (tertiary/aromatic N) is 1. The summed E-state index contributed by atoms with van der Waals surface area (Å²) in [4.78, 5) is 25.1. The zero-order valence-electron chi connectivity index (χ0n) is 14.3. The van der Waals surface area contributed by atoms with Gasteiger partial charge in [-0.2, -0.15) is 0 Å². The van der Waals surface area contributed by atoms with Crippen molar-refractivity contribution in [2.24, 2.45) is 5.41 Å². The smallest absolute Gasteiger partial charge is 0.348 e. The van der Waals surface area contributed by atoms with Gasteiger partial charge in [0, 0.05) is 12.0 Å². The highest BCUT2D eigenvalue weighted by molar-refractivity contribution is 7.15. The van der Waals surface area contributed by atoms with Gasteiger partial charge in [-0.05, 0) is 40.2 Å². The lowest BCUT2D eigenvalue weighted by molar-refractivity contribution is -0.107. The van der Waals surface area contributed by atoms with Crippen LogP contribution in [0.2, 0.25) is 0 Å². The highest BCUT2D eigenvalue weighted by atomic mass is 32.1. The molecule has 0 bridgehead atoms. The first-order valence-corrected chi connectivity index (χ1v) is 8.27. The van der Waals surface area contributed by atoms with Gasteiger partial charge in [0.15, 0.2) is 0 Å². The molecule has 0 aliphatic carbocycles. The predicted molar refractivity (Wildman–Crippen MR) is 95.1 cm³/mol. The standard InChI is InChI=1S/C18H23NO3S/c1-6-7-13(2)11-19(12-20)15-10-14(8-9-18(3,4)5)23-16(15)17(21)22/h7,10,12H,6,11H2,1-5H3,(H,21,22)/b13-7-. The molecule has 0 aliphatic rings. The lowest BCUT2D eigenvalue weighted by Crippen LogP contribution is -2.24. The van der Waals surface area contributed by atoms with Crippen LogP contribution in [0.3, 0.4) is 0 Å². The molecule has 0 atom stereocenters. The quantitative estimate of drug-likeness (QED) is 0.483. The number of rotatable bonds is 6. The van der Waals surface area contributed by atoms with Crippen LogP contribution in [-0.2, 0) is 4.79 Å². The van der Waals surface area contributed by atoms with E-state index in [4.69, 9.17) is 0 Å². The lowest BCUT2D eigenvalue weighted by atomic mass is 9.98. The number of carboxylic acids is 1. The molecule has 0 aromatic carbocycles. The first-order valence-electron chi connectivity index (χ1n) is 7.45. The van der Waals surface area contributed by atoms with E-state index in [0.29, 0.717) is 23.5 Å². The normalized spacial score (nSPS) is 11.6. The van der Waals surface area contributed by atoms with E-state index in [-0.39, 0.29) is 10.3 Å². The Kier molecular flexibility index (Phi) is 6.59. The van der Waals surface area contributed by atoms with Crippen molar-refractivity contribution in [2.45, 2.75) is 41.0 Å². The molecule has 1 aromatic heterocycles. The first kappa shape index (κ1) is 19.0. The maximum atomic E-state index is 11.5. The third-order valence-electron chi connectivity index (χ3n) is 2.88. The molecule has 23 heavy (non-hydrogen) atoms. The SMILES string of the molecule is CC/C=C(/C)CN(C=O)c1cc(C#CC(C)(C)C)sc1C(=O)O. The van der Waals surface area contributed by atoms with Crippen LogP contribution in [0.1, 0.15) is 55.6 Å². The summed E-state index contributed by atoms with van der Waals surface area (Å²) in [5, 5.41) is 9.39. The van der Waals surface area contributed by atoms with Crippen LogP contribution in [0.15, 0.2) is 17.7 Å². The highest BCUT2D eigenvalue weighted by Gasteiger charge is 2.20. The van der Waals surface area contributed by atoms with Gasteiger partial charge in [-0.3, -0.25) is 4.79 Å². The van der Waals surface area contributed by atoms with E-state index >= 15 is 0 Å². The van der Waals surface area contributed by atoms with Crippen LogP contribution in [-0.4, -0.2) is 24.0 Å². The minimum Gasteiger partial charge on any atom is -0.477 e. The number of amides is 1. The average molecular weight is 333 g/mol. The number of anilines is 1. The second kappa shape index (κ2) is 7.98. The molecule has 0 unspecified atom stereocenters. The van der Waals surface area contributed by atoms with Crippen LogP contribution < -0.4 is 4.90 Å². The minimum atomic E-state index is -1.04. The van der Waals surface area contributed by atoms with Gasteiger partial charge in [-0.15, -0.1) is 11.3 Å². The van der Waals surface area contributed by atoms with E-state index in [9.17, 15) is 14.7 Å². The fourth-order valence-electron chi connectivity index (χ4n) is 1.92. The Morgan fingerprint density at radius 3 is 2.57 bits per heavy atom. The van der Waals surface area contributed by atoms with Crippen LogP contribution in [0.5, 0.6) is 0 Å². The van der Waals surface area contributed by atoms with Crippen molar-refractivity contribution < 1.29 is 14.7 Å². The van der Waals surface area contributed by atoms with Crippen molar-refractivity contribution in [3.05, 3.63) is 27.5 Å². The zero-order chi connectivity index (χ0) is 17.6. The summed E-state index contributed by atoms with van der Waals surface area (Å²) in [6.07, 6.45) is 3.56. The average Bonchev–Trinajstić information content (AvgIpc) is 2.86. The van der Waals surface area contributed by atoms with E-state index in [1.165, 1.54) is 4.90 Å². The van der Waals surface area contributed by atoms with Gasteiger partial charge >= 0.3 is 5.97 Å². The predicted octanol–water partition coefficient (Wildman–Crippen LogP) is 4.16. The highest BCUT2D eigenvalue weighted by Crippen LogP contribution is 2.30. The Morgan fingerprint density at radius 2 is 2.09 bits per heavy atom. The van der Waals surface area contributed by atoms with Gasteiger partial charge < -0.3 is 10.0 Å². The number of hydrogen-bond acceptors (Lipinski definition) is 3. The van der Waals surface area contributed by atoms with Crippen molar-refractivity contribution in [1.29, 1.82) is 0 Å². The maximum absolute atomic E-state index is 11.5. The molecule has 124 valence electrons. The molecular weight excluding hydrogens is 310 g/mol. The van der Waals surface area contributed by atoms with Gasteiger partial charge in [-0.25, -0.2) is 4.79 Å². The number of carbonyl (C=O) groups is 2. The van der Waals surface area contributed by atoms with Crippen molar-refractivity contribution in [3.63, 3.8) is 0 Å². The first-order chi connectivity index (χ1) is 10.7. The van der Waals surface area contributed by atoms with E-state index in [0.717, 1.165) is 23.3 Å². The van der Waals surface area contributed by atoms with Crippen molar-refractivity contribution in [2.75, 3.05) is 11.4 Å². The monoisotopic (exact) mass is 333 g/mol. The van der Waals surface area contributed by atoms with Gasteiger partial charge in [0.05, 0.1) is 10.6 Å². The Bertz CT molecular complexity index is 669. The molecule has 0 saturated heterocycles. The minimum absolute atomic E-state index is 0.139. The summed E-state index contributed by atoms with van der Waals surface area (Å²) in [7, 11) is 0. The number of carbonyl (C=O) groups excluding carboxylic acids is 1. The molecular formula is C18H23NO3S. The van der Waals surface area contributed by atoms with Crippen LogP contribution >= 0.6 is 11.3 Å². The summed E-state index contributed by atoms with van der Waals surface area (Å²) >= 11 is 1.10. The van der Waals surface area contributed by atoms with Crippen LogP contribution in [0, 0.1) is 17.3 Å². The molecule has 1 amide bonds. The molecule has 0 saturated carbocycles. The van der Waals surface area contributed by atoms with Gasteiger partial charge in [0.25, 0.3) is 0 Å². The van der Waals surface area contributed by atoms with Gasteiger partial charge in [0.2, 0.25) is 6.41 Å². The van der Waals surface area contributed by atoms with Crippen molar-refractivity contribution in [3.8, 4) is 11.8 Å². The second-order valence-corrected chi connectivity index (χ2v) is 7.37. The number of carboxylic acid groups (broad SMARTS) is 1. The largest absolute Gasteiger partial charge is 0.477 e. The molecule has 1 heterocycles. The topological polar surface area (TPSA) is 57.6 Å². The maximum Gasteiger partial charge on any atom is 0.348 e. The molecule has 0 fully saturated rings. The summed E-state index contributed by atoms with van der Waals surface area (Å²) in [6.45, 7) is 10.3. The third kappa shape index (κ3) is 5.91.